The number of benzene rings is 1. The minimum absolute atomic E-state index is 0.154. The number of nitro groups is 1. The molecule has 1 heterocycles. The minimum Gasteiger partial charge on any atom is -0.327 e. The first-order valence-electron chi connectivity index (χ1n) is 7.31. The van der Waals surface area contributed by atoms with Gasteiger partial charge in [-0.25, -0.2) is 0 Å². The molecule has 1 aromatic rings. The fourth-order valence-corrected chi connectivity index (χ4v) is 3.05. The van der Waals surface area contributed by atoms with Crippen molar-refractivity contribution >= 4 is 5.69 Å². The average Bonchev–Trinajstić information content (AvgIpc) is 2.45. The number of nitrogens with two attached hydrogens (primary N) is 1. The maximum Gasteiger partial charge on any atom is 0.272 e. The monoisotopic (exact) mass is 277 g/mol. The summed E-state index contributed by atoms with van der Waals surface area (Å²) in [7, 11) is 0. The first kappa shape index (κ1) is 14.9. The van der Waals surface area contributed by atoms with Crippen LogP contribution in [0.15, 0.2) is 24.3 Å². The standard InChI is InChI=1S/C15H23N3O2/c1-12(16)14-7-4-5-10-17(14)11-9-13-6-2-3-8-15(13)18(19)20/h2-3,6,8,12,14H,4-5,7,9-11,16H2,1H3. The first-order chi connectivity index (χ1) is 9.59. The summed E-state index contributed by atoms with van der Waals surface area (Å²) in [5.74, 6) is 0. The second-order valence-corrected chi connectivity index (χ2v) is 5.59. The van der Waals surface area contributed by atoms with Crippen LogP contribution in [0.1, 0.15) is 31.7 Å². The van der Waals surface area contributed by atoms with Crippen LogP contribution in [0.5, 0.6) is 0 Å². The Hall–Kier alpha value is -1.46. The van der Waals surface area contributed by atoms with E-state index in [1.165, 1.54) is 12.8 Å². The lowest BCUT2D eigenvalue weighted by Crippen LogP contribution is -2.49. The highest BCUT2D eigenvalue weighted by molar-refractivity contribution is 5.39. The van der Waals surface area contributed by atoms with E-state index in [2.05, 4.69) is 4.90 Å². The molecular weight excluding hydrogens is 254 g/mol. The molecule has 0 radical (unpaired) electrons. The zero-order valence-electron chi connectivity index (χ0n) is 12.0. The first-order valence-corrected chi connectivity index (χ1v) is 7.31. The molecule has 1 fully saturated rings. The maximum atomic E-state index is 11.0. The normalized spacial score (nSPS) is 21.6. The molecule has 2 atom stereocenters. The third-order valence-electron chi connectivity index (χ3n) is 4.13. The van der Waals surface area contributed by atoms with Crippen molar-refractivity contribution in [1.82, 2.24) is 4.90 Å². The van der Waals surface area contributed by atoms with Gasteiger partial charge >= 0.3 is 0 Å². The number of likely N-dealkylation sites (tertiary alicyclic amines) is 1. The summed E-state index contributed by atoms with van der Waals surface area (Å²) in [6.45, 7) is 3.94. The molecule has 2 rings (SSSR count). The summed E-state index contributed by atoms with van der Waals surface area (Å²) in [6, 6.07) is 7.57. The summed E-state index contributed by atoms with van der Waals surface area (Å²) in [5, 5.41) is 11.0. The largest absolute Gasteiger partial charge is 0.327 e. The van der Waals surface area contributed by atoms with Crippen LogP contribution in [-0.4, -0.2) is 35.0 Å². The van der Waals surface area contributed by atoms with Crippen molar-refractivity contribution in [2.24, 2.45) is 5.73 Å². The Bertz CT molecular complexity index is 462. The second kappa shape index (κ2) is 6.81. The molecule has 2 N–H and O–H groups in total. The number of para-hydroxylation sites is 1. The van der Waals surface area contributed by atoms with Gasteiger partial charge in [0, 0.05) is 30.3 Å². The van der Waals surface area contributed by atoms with Gasteiger partial charge in [0.25, 0.3) is 5.69 Å². The molecule has 1 aliphatic rings. The van der Waals surface area contributed by atoms with E-state index in [1.54, 1.807) is 12.1 Å². The molecule has 0 aliphatic carbocycles. The molecule has 1 saturated heterocycles. The van der Waals surface area contributed by atoms with Crippen LogP contribution in [0, 0.1) is 10.1 Å². The fraction of sp³-hybridized carbons (Fsp3) is 0.600. The molecule has 2 unspecified atom stereocenters. The molecule has 1 aromatic carbocycles. The molecule has 0 spiro atoms. The molecule has 0 saturated carbocycles. The van der Waals surface area contributed by atoms with E-state index in [4.69, 9.17) is 5.73 Å². The van der Waals surface area contributed by atoms with Gasteiger partial charge in [0.1, 0.15) is 0 Å². The van der Waals surface area contributed by atoms with Crippen LogP contribution in [0.4, 0.5) is 5.69 Å². The van der Waals surface area contributed by atoms with Gasteiger partial charge in [-0.15, -0.1) is 0 Å². The van der Waals surface area contributed by atoms with Gasteiger partial charge < -0.3 is 5.73 Å². The topological polar surface area (TPSA) is 72.4 Å². The highest BCUT2D eigenvalue weighted by Gasteiger charge is 2.25. The van der Waals surface area contributed by atoms with Crippen molar-refractivity contribution in [3.05, 3.63) is 39.9 Å². The van der Waals surface area contributed by atoms with E-state index in [-0.39, 0.29) is 16.7 Å². The second-order valence-electron chi connectivity index (χ2n) is 5.59. The summed E-state index contributed by atoms with van der Waals surface area (Å²) in [6.07, 6.45) is 4.27. The Labute approximate surface area is 119 Å². The summed E-state index contributed by atoms with van der Waals surface area (Å²) in [5.41, 5.74) is 7.09. The third kappa shape index (κ3) is 3.55. The van der Waals surface area contributed by atoms with Gasteiger partial charge in [-0.1, -0.05) is 24.6 Å². The average molecular weight is 277 g/mol. The minimum atomic E-state index is -0.297. The molecule has 20 heavy (non-hydrogen) atoms. The van der Waals surface area contributed by atoms with Gasteiger partial charge in [-0.2, -0.15) is 0 Å². The van der Waals surface area contributed by atoms with Crippen LogP contribution in [-0.2, 0) is 6.42 Å². The lowest BCUT2D eigenvalue weighted by molar-refractivity contribution is -0.385. The third-order valence-corrected chi connectivity index (χ3v) is 4.13. The predicted molar refractivity (Wildman–Crippen MR) is 79.7 cm³/mol. The molecule has 0 bridgehead atoms. The highest BCUT2D eigenvalue weighted by atomic mass is 16.6. The Morgan fingerprint density at radius 3 is 2.90 bits per heavy atom. The van der Waals surface area contributed by atoms with Gasteiger partial charge in [0.2, 0.25) is 0 Å². The molecule has 5 nitrogen and oxygen atoms in total. The van der Waals surface area contributed by atoms with Crippen LogP contribution < -0.4 is 5.73 Å². The van der Waals surface area contributed by atoms with Gasteiger partial charge in [-0.3, -0.25) is 15.0 Å². The SMILES string of the molecule is CC(N)C1CCCCN1CCc1ccccc1[N+](=O)[O-]. The Kier molecular flexibility index (Phi) is 5.09. The lowest BCUT2D eigenvalue weighted by Gasteiger charge is -2.38. The van der Waals surface area contributed by atoms with E-state index < -0.39 is 0 Å². The van der Waals surface area contributed by atoms with Gasteiger partial charge in [0.05, 0.1) is 4.92 Å². The number of hydrogen-bond acceptors (Lipinski definition) is 4. The van der Waals surface area contributed by atoms with E-state index in [0.29, 0.717) is 12.5 Å². The van der Waals surface area contributed by atoms with Crippen molar-refractivity contribution < 1.29 is 4.92 Å². The molecular formula is C15H23N3O2. The van der Waals surface area contributed by atoms with Crippen LogP contribution >= 0.6 is 0 Å². The van der Waals surface area contributed by atoms with Crippen LogP contribution in [0.2, 0.25) is 0 Å². The van der Waals surface area contributed by atoms with Crippen molar-refractivity contribution in [2.75, 3.05) is 13.1 Å². The van der Waals surface area contributed by atoms with Gasteiger partial charge in [-0.05, 0) is 32.7 Å². The maximum absolute atomic E-state index is 11.0. The molecule has 0 aromatic heterocycles. The number of nitrogens with zero attached hydrogens (tertiary/aromatic N) is 2. The number of piperidine rings is 1. The Balaban J connectivity index is 2.02. The van der Waals surface area contributed by atoms with Crippen molar-refractivity contribution in [1.29, 1.82) is 0 Å². The molecule has 5 heteroatoms. The van der Waals surface area contributed by atoms with E-state index >= 15 is 0 Å². The van der Waals surface area contributed by atoms with Crippen molar-refractivity contribution in [3.63, 3.8) is 0 Å². The lowest BCUT2D eigenvalue weighted by atomic mass is 9.96. The zero-order chi connectivity index (χ0) is 14.5. The predicted octanol–water partition coefficient (Wildman–Crippen LogP) is 2.34. The van der Waals surface area contributed by atoms with Gasteiger partial charge in [0.15, 0.2) is 0 Å². The zero-order valence-corrected chi connectivity index (χ0v) is 12.0. The van der Waals surface area contributed by atoms with Crippen LogP contribution in [0.25, 0.3) is 0 Å². The van der Waals surface area contributed by atoms with E-state index in [0.717, 1.165) is 25.1 Å². The molecule has 1 aliphatic heterocycles. The Morgan fingerprint density at radius 1 is 1.45 bits per heavy atom. The summed E-state index contributed by atoms with van der Waals surface area (Å²) in [4.78, 5) is 13.1. The molecule has 0 amide bonds. The highest BCUT2D eigenvalue weighted by Crippen LogP contribution is 2.22. The summed E-state index contributed by atoms with van der Waals surface area (Å²) < 4.78 is 0. The number of rotatable bonds is 5. The fourth-order valence-electron chi connectivity index (χ4n) is 3.05. The molecule has 110 valence electrons. The van der Waals surface area contributed by atoms with Crippen molar-refractivity contribution in [3.8, 4) is 0 Å². The van der Waals surface area contributed by atoms with E-state index in [9.17, 15) is 10.1 Å². The Morgan fingerprint density at radius 2 is 2.20 bits per heavy atom. The van der Waals surface area contributed by atoms with E-state index in [1.807, 2.05) is 19.1 Å². The number of nitro benzene ring substituents is 1. The van der Waals surface area contributed by atoms with Crippen molar-refractivity contribution in [2.45, 2.75) is 44.7 Å². The summed E-state index contributed by atoms with van der Waals surface area (Å²) >= 11 is 0. The smallest absolute Gasteiger partial charge is 0.272 e. The van der Waals surface area contributed by atoms with Crippen LogP contribution in [0.3, 0.4) is 0 Å². The number of hydrogen-bond donors (Lipinski definition) is 1. The quantitative estimate of drug-likeness (QED) is 0.662.